The smallest absolute Gasteiger partial charge is 0.270 e. The molecule has 0 aliphatic heterocycles. The van der Waals surface area contributed by atoms with Gasteiger partial charge in [0.15, 0.2) is 5.58 Å². The van der Waals surface area contributed by atoms with Crippen LogP contribution < -0.4 is 0 Å². The largest absolute Gasteiger partial charge is 0.436 e. The van der Waals surface area contributed by atoms with Crippen molar-refractivity contribution in [3.8, 4) is 11.5 Å². The number of nitro benzene ring substituents is 1. The van der Waals surface area contributed by atoms with E-state index < -0.39 is 4.92 Å². The fraction of sp³-hybridized carbons (Fsp3) is 0. The molecule has 0 saturated carbocycles. The Kier molecular flexibility index (Phi) is 4.18. The predicted molar refractivity (Wildman–Crippen MR) is 99.8 cm³/mol. The lowest BCUT2D eigenvalue weighted by Crippen LogP contribution is -1.89. The maximum atomic E-state index is 13.4. The number of aliphatic imine (C=N–C) groups is 1. The van der Waals surface area contributed by atoms with Gasteiger partial charge < -0.3 is 4.42 Å². The standard InChI is InChI=1S/C20H12FN3O3/c21-15-5-2-4-14(10-15)20-23-18-11-16(7-8-19(18)27-20)22-12-13-3-1-6-17(9-13)24(25)26/h1-12H. The molecule has 27 heavy (non-hydrogen) atoms. The lowest BCUT2D eigenvalue weighted by molar-refractivity contribution is -0.384. The Morgan fingerprint density at radius 3 is 2.74 bits per heavy atom. The molecule has 0 fully saturated rings. The fourth-order valence-corrected chi connectivity index (χ4v) is 2.61. The lowest BCUT2D eigenvalue weighted by atomic mass is 10.2. The lowest BCUT2D eigenvalue weighted by Gasteiger charge is -1.95. The summed E-state index contributed by atoms with van der Waals surface area (Å²) in [6.07, 6.45) is 1.54. The first-order valence-electron chi connectivity index (χ1n) is 8.03. The van der Waals surface area contributed by atoms with Crippen LogP contribution in [0.3, 0.4) is 0 Å². The van der Waals surface area contributed by atoms with E-state index in [2.05, 4.69) is 9.98 Å². The van der Waals surface area contributed by atoms with Crippen molar-refractivity contribution in [1.82, 2.24) is 4.98 Å². The molecule has 0 amide bonds. The highest BCUT2D eigenvalue weighted by Gasteiger charge is 2.09. The number of non-ortho nitro benzene ring substituents is 1. The van der Waals surface area contributed by atoms with Gasteiger partial charge in [0.2, 0.25) is 5.89 Å². The first-order valence-corrected chi connectivity index (χ1v) is 8.03. The van der Waals surface area contributed by atoms with Crippen molar-refractivity contribution in [2.24, 2.45) is 4.99 Å². The number of aromatic nitrogens is 1. The van der Waals surface area contributed by atoms with Gasteiger partial charge in [-0.15, -0.1) is 0 Å². The van der Waals surface area contributed by atoms with Gasteiger partial charge in [0.25, 0.3) is 5.69 Å². The zero-order chi connectivity index (χ0) is 18.8. The van der Waals surface area contributed by atoms with Crippen molar-refractivity contribution in [2.45, 2.75) is 0 Å². The Hall–Kier alpha value is -3.87. The first kappa shape index (κ1) is 16.6. The van der Waals surface area contributed by atoms with E-state index in [9.17, 15) is 14.5 Å². The summed E-state index contributed by atoms with van der Waals surface area (Å²) in [6, 6.07) is 17.4. The third-order valence-corrected chi connectivity index (χ3v) is 3.89. The second kappa shape index (κ2) is 6.80. The third kappa shape index (κ3) is 3.57. The van der Waals surface area contributed by atoms with Crippen LogP contribution in [0.25, 0.3) is 22.6 Å². The highest BCUT2D eigenvalue weighted by atomic mass is 19.1. The number of nitro groups is 1. The van der Waals surface area contributed by atoms with E-state index in [1.165, 1.54) is 24.3 Å². The van der Waals surface area contributed by atoms with Crippen LogP contribution >= 0.6 is 0 Å². The van der Waals surface area contributed by atoms with Crippen LogP contribution in [-0.2, 0) is 0 Å². The van der Waals surface area contributed by atoms with Crippen LogP contribution in [0.15, 0.2) is 76.1 Å². The molecule has 3 aromatic carbocycles. The predicted octanol–water partition coefficient (Wildman–Crippen LogP) is 5.29. The molecule has 1 aromatic heterocycles. The number of halogens is 1. The zero-order valence-corrected chi connectivity index (χ0v) is 13.9. The summed E-state index contributed by atoms with van der Waals surface area (Å²) in [4.78, 5) is 19.1. The van der Waals surface area contributed by atoms with Crippen molar-refractivity contribution in [3.05, 3.63) is 88.2 Å². The van der Waals surface area contributed by atoms with Gasteiger partial charge in [0, 0.05) is 23.9 Å². The second-order valence-electron chi connectivity index (χ2n) is 5.79. The summed E-state index contributed by atoms with van der Waals surface area (Å²) < 4.78 is 19.0. The van der Waals surface area contributed by atoms with Gasteiger partial charge in [-0.25, -0.2) is 9.37 Å². The van der Waals surface area contributed by atoms with E-state index >= 15 is 0 Å². The fourth-order valence-electron chi connectivity index (χ4n) is 2.61. The molecule has 0 bridgehead atoms. The molecular formula is C20H12FN3O3. The highest BCUT2D eigenvalue weighted by Crippen LogP contribution is 2.27. The summed E-state index contributed by atoms with van der Waals surface area (Å²) in [5.41, 5.74) is 2.93. The van der Waals surface area contributed by atoms with Gasteiger partial charge in [-0.2, -0.15) is 0 Å². The van der Waals surface area contributed by atoms with Crippen LogP contribution in [0, 0.1) is 15.9 Å². The average molecular weight is 361 g/mol. The molecule has 0 saturated heterocycles. The summed E-state index contributed by atoms with van der Waals surface area (Å²) in [5.74, 6) is -0.0405. The molecule has 7 heteroatoms. The van der Waals surface area contributed by atoms with Crippen LogP contribution in [0.1, 0.15) is 5.56 Å². The number of hydrogen-bond donors (Lipinski definition) is 0. The Balaban J connectivity index is 1.64. The Bertz CT molecular complexity index is 1180. The molecule has 0 atom stereocenters. The molecule has 0 aliphatic carbocycles. The normalized spacial score (nSPS) is 11.3. The van der Waals surface area contributed by atoms with Crippen LogP contribution in [0.4, 0.5) is 15.8 Å². The molecule has 0 unspecified atom stereocenters. The maximum absolute atomic E-state index is 13.4. The van der Waals surface area contributed by atoms with Gasteiger partial charge >= 0.3 is 0 Å². The van der Waals surface area contributed by atoms with Crippen LogP contribution in [0.2, 0.25) is 0 Å². The summed E-state index contributed by atoms with van der Waals surface area (Å²) in [6.45, 7) is 0. The molecule has 0 aliphatic rings. The monoisotopic (exact) mass is 361 g/mol. The van der Waals surface area contributed by atoms with Crippen LogP contribution in [-0.4, -0.2) is 16.1 Å². The minimum atomic E-state index is -0.452. The number of nitrogens with zero attached hydrogens (tertiary/aromatic N) is 3. The number of benzene rings is 3. The van der Waals surface area contributed by atoms with Gasteiger partial charge in [-0.1, -0.05) is 18.2 Å². The SMILES string of the molecule is O=[N+]([O-])c1cccc(C=Nc2ccc3oc(-c4cccc(F)c4)nc3c2)c1. The Morgan fingerprint density at radius 1 is 1.07 bits per heavy atom. The number of hydrogen-bond acceptors (Lipinski definition) is 5. The van der Waals surface area contributed by atoms with E-state index in [1.807, 2.05) is 0 Å². The average Bonchev–Trinajstić information content (AvgIpc) is 3.10. The van der Waals surface area contributed by atoms with E-state index in [4.69, 9.17) is 4.42 Å². The number of fused-ring (bicyclic) bond motifs is 1. The molecule has 4 aromatic rings. The van der Waals surface area contributed by atoms with E-state index in [0.717, 1.165) is 0 Å². The third-order valence-electron chi connectivity index (χ3n) is 3.89. The van der Waals surface area contributed by atoms with Gasteiger partial charge in [0.05, 0.1) is 10.6 Å². The molecule has 0 spiro atoms. The molecule has 132 valence electrons. The molecule has 0 radical (unpaired) electrons. The van der Waals surface area contributed by atoms with E-state index in [0.29, 0.717) is 33.8 Å². The Labute approximate surface area is 152 Å². The number of rotatable bonds is 4. The van der Waals surface area contributed by atoms with Crippen LogP contribution in [0.5, 0.6) is 0 Å². The van der Waals surface area contributed by atoms with Crippen molar-refractivity contribution in [3.63, 3.8) is 0 Å². The number of oxazole rings is 1. The van der Waals surface area contributed by atoms with E-state index in [-0.39, 0.29) is 11.5 Å². The second-order valence-corrected chi connectivity index (χ2v) is 5.79. The van der Waals surface area contributed by atoms with Gasteiger partial charge in [0.1, 0.15) is 11.3 Å². The zero-order valence-electron chi connectivity index (χ0n) is 13.9. The van der Waals surface area contributed by atoms with Crippen molar-refractivity contribution < 1.29 is 13.7 Å². The Morgan fingerprint density at radius 2 is 1.93 bits per heavy atom. The first-order chi connectivity index (χ1) is 13.1. The van der Waals surface area contributed by atoms with Crippen molar-refractivity contribution in [1.29, 1.82) is 0 Å². The molecule has 1 heterocycles. The summed E-state index contributed by atoms with van der Waals surface area (Å²) in [7, 11) is 0. The molecular weight excluding hydrogens is 349 g/mol. The maximum Gasteiger partial charge on any atom is 0.270 e. The van der Waals surface area contributed by atoms with Gasteiger partial charge in [-0.3, -0.25) is 15.1 Å². The highest BCUT2D eigenvalue weighted by molar-refractivity contribution is 5.85. The van der Waals surface area contributed by atoms with Crippen molar-refractivity contribution in [2.75, 3.05) is 0 Å². The van der Waals surface area contributed by atoms with Crippen molar-refractivity contribution >= 4 is 28.7 Å². The molecule has 6 nitrogen and oxygen atoms in total. The van der Waals surface area contributed by atoms with E-state index in [1.54, 1.807) is 48.7 Å². The summed E-state index contributed by atoms with van der Waals surface area (Å²) in [5, 5.41) is 10.8. The molecule has 0 N–H and O–H groups in total. The minimum Gasteiger partial charge on any atom is -0.436 e. The topological polar surface area (TPSA) is 81.5 Å². The molecule has 4 rings (SSSR count). The van der Waals surface area contributed by atoms with Gasteiger partial charge in [-0.05, 0) is 42.0 Å². The minimum absolute atomic E-state index is 0.00522. The quantitative estimate of drug-likeness (QED) is 0.281. The summed E-state index contributed by atoms with van der Waals surface area (Å²) >= 11 is 0.